The van der Waals surface area contributed by atoms with E-state index in [9.17, 15) is 20.4 Å². The SMILES string of the molecule is CC(C)(C)[O-].CC(C)(C)[O-].CC(C)(C)[O-].CC(C)(C)[O-].Cc1cc[nH+]cc1.Cc1cc[nH+]cc1.Cc1cc[nH+]cc1.Cc1cc[nH+]cc1.[Li+].[Li+].[Li+].[Li+].[NH-]c1ccccc1.[NH-]c1ccccc1.[NH-]c1ccccc1.[NH-]c1ccccc1.[Na+].[Na+].[Na+].[Na+].[Na+].[OH-]. The molecule has 9 N–H and O–H groups in total. The standard InChI is InChI=1S/4C6H7N.4C6H6N.4C4H9O.4Li.5Na.H2O/c4*1-6-2-4-7-5-3-6;4*7-6-4-2-1-3-5-6;4*1-4(2,3)5;;;;;;;;;;/h4*2-5H,1H3;4*1-5,7H;4*1-3H3;;;;;;;;;;1H2/q;;;;8*-1;9*+1;/p+3. The first kappa shape index (κ1) is 120. The minimum atomic E-state index is -0.750. The van der Waals surface area contributed by atoms with E-state index in [0.29, 0.717) is 22.7 Å². The molecule has 424 valence electrons. The summed E-state index contributed by atoms with van der Waals surface area (Å²) >= 11 is 0. The zero-order valence-electron chi connectivity index (χ0n) is 57.9. The second-order valence-electron chi connectivity index (χ2n) is 20.2. The predicted octanol–water partition coefficient (Wildman–Crippen LogP) is -13.8. The maximum atomic E-state index is 10.1. The van der Waals surface area contributed by atoms with Crippen LogP contribution in [0.15, 0.2) is 219 Å². The van der Waals surface area contributed by atoms with Gasteiger partial charge in [0.25, 0.3) is 0 Å². The zero-order valence-corrected chi connectivity index (χ0v) is 67.9. The van der Waals surface area contributed by atoms with Crippen molar-refractivity contribution >= 4 is 22.7 Å². The van der Waals surface area contributed by atoms with Gasteiger partial charge in [-0.15, -0.1) is 45.2 Å². The molecule has 0 amide bonds. The average molecular weight is 1200 g/mol. The largest absolute Gasteiger partial charge is 1.00 e. The Hall–Kier alpha value is -0.130. The number of aromatic amines is 4. The number of rotatable bonds is 0. The third kappa shape index (κ3) is 141. The van der Waals surface area contributed by atoms with Crippen molar-refractivity contribution in [2.24, 2.45) is 0 Å². The molecule has 0 aliphatic heterocycles. The van der Waals surface area contributed by atoms with Gasteiger partial charge in [0, 0.05) is 48.5 Å². The van der Waals surface area contributed by atoms with E-state index in [1.54, 1.807) is 132 Å². The number of aromatic nitrogens is 4. The number of H-pyrrole nitrogens is 4. The zero-order chi connectivity index (χ0) is 58.9. The van der Waals surface area contributed by atoms with Crippen molar-refractivity contribution in [1.82, 2.24) is 0 Å². The molecule has 0 aliphatic rings. The first-order valence-corrected chi connectivity index (χ1v) is 24.7. The van der Waals surface area contributed by atoms with Crippen LogP contribution in [0.5, 0.6) is 0 Å². The van der Waals surface area contributed by atoms with Crippen LogP contribution in [0.3, 0.4) is 0 Å². The van der Waals surface area contributed by atoms with Crippen molar-refractivity contribution in [3.8, 4) is 0 Å². The number of pyridine rings is 4. The van der Waals surface area contributed by atoms with Gasteiger partial charge < -0.3 is 48.8 Å². The molecule has 0 aliphatic carbocycles. The summed E-state index contributed by atoms with van der Waals surface area (Å²) in [4.78, 5) is 11.7. The maximum Gasteiger partial charge on any atom is 1.00 e. The maximum absolute atomic E-state index is 10.1. The van der Waals surface area contributed by atoms with Crippen molar-refractivity contribution in [2.75, 3.05) is 0 Å². The first-order valence-electron chi connectivity index (χ1n) is 24.7. The van der Waals surface area contributed by atoms with Gasteiger partial charge in [-0.1, -0.05) is 204 Å². The monoisotopic (exact) mass is 1200 g/mol. The van der Waals surface area contributed by atoms with Gasteiger partial charge in [-0.25, -0.2) is 19.9 Å². The molecule has 86 heavy (non-hydrogen) atoms. The molecule has 4 heterocycles. The summed E-state index contributed by atoms with van der Waals surface area (Å²) in [7, 11) is 0. The minimum Gasteiger partial charge on any atom is -0.870 e. The Morgan fingerprint density at radius 1 is 0.244 bits per heavy atom. The third-order valence-electron chi connectivity index (χ3n) is 6.63. The molecular weight excluding hydrogens is 1100 g/mol. The number of hydrogen-bond donors (Lipinski definition) is 0. The van der Waals surface area contributed by atoms with Gasteiger partial charge in [-0.2, -0.15) is 0 Å². The fourth-order valence-electron chi connectivity index (χ4n) is 3.63. The molecule has 0 atom stereocenters. The van der Waals surface area contributed by atoms with Crippen LogP contribution < -0.4 is 264 Å². The van der Waals surface area contributed by atoms with E-state index >= 15 is 0 Å². The Labute approximate surface area is 679 Å². The number of benzene rings is 4. The molecule has 22 heteroatoms. The molecule has 8 rings (SSSR count). The summed E-state index contributed by atoms with van der Waals surface area (Å²) in [6.07, 6.45) is 15.3. The molecule has 4 aromatic carbocycles. The van der Waals surface area contributed by atoms with Crippen molar-refractivity contribution in [3.05, 3.63) is 265 Å². The van der Waals surface area contributed by atoms with Crippen molar-refractivity contribution in [2.45, 2.75) is 133 Å². The quantitative estimate of drug-likeness (QED) is 0.134. The van der Waals surface area contributed by atoms with Gasteiger partial charge >= 0.3 is 223 Å². The van der Waals surface area contributed by atoms with E-state index in [1.165, 1.54) is 22.3 Å². The molecule has 0 bridgehead atoms. The van der Waals surface area contributed by atoms with Crippen LogP contribution in [0.2, 0.25) is 0 Å². The van der Waals surface area contributed by atoms with Crippen LogP contribution in [-0.2, 0) is 0 Å². The Morgan fingerprint density at radius 3 is 0.384 bits per heavy atom. The van der Waals surface area contributed by atoms with E-state index in [4.69, 9.17) is 22.9 Å². The smallest absolute Gasteiger partial charge is 0.870 e. The molecule has 0 saturated carbocycles. The van der Waals surface area contributed by atoms with Gasteiger partial charge in [-0.3, -0.25) is 0 Å². The Morgan fingerprint density at radius 2 is 0.337 bits per heavy atom. The topological polar surface area (TPSA) is 274 Å². The van der Waals surface area contributed by atoms with E-state index in [-0.39, 0.29) is 229 Å². The van der Waals surface area contributed by atoms with Gasteiger partial charge in [-0.05, 0) is 49.9 Å². The molecule has 4 aromatic heterocycles. The normalized spacial score (nSPS) is 8.42. The van der Waals surface area contributed by atoms with Gasteiger partial charge in [0.05, 0.1) is 0 Å². The van der Waals surface area contributed by atoms with Crippen molar-refractivity contribution in [1.29, 1.82) is 0 Å². The van der Waals surface area contributed by atoms with Crippen molar-refractivity contribution < 1.29 is 269 Å². The van der Waals surface area contributed by atoms with Gasteiger partial charge in [0.1, 0.15) is 0 Å². The predicted molar refractivity (Wildman–Crippen MR) is 314 cm³/mol. The summed E-state index contributed by atoms with van der Waals surface area (Å²) in [5.74, 6) is 0. The second-order valence-corrected chi connectivity index (χ2v) is 20.2. The molecule has 0 fully saturated rings. The molecule has 0 spiro atoms. The van der Waals surface area contributed by atoms with Crippen LogP contribution >= 0.6 is 0 Å². The average Bonchev–Trinajstić information content (AvgIpc) is 3.31. The van der Waals surface area contributed by atoms with Gasteiger partial charge in [0.15, 0.2) is 49.6 Å². The van der Waals surface area contributed by atoms with Crippen LogP contribution in [-0.4, -0.2) is 27.9 Å². The number of aryl methyl sites for hydroxylation is 4. The Bertz CT molecular complexity index is 1910. The van der Waals surface area contributed by atoms with E-state index in [1.807, 2.05) is 171 Å². The summed E-state index contributed by atoms with van der Waals surface area (Å²) in [6, 6.07) is 52.6. The summed E-state index contributed by atoms with van der Waals surface area (Å²) < 4.78 is 0. The van der Waals surface area contributed by atoms with Crippen LogP contribution in [0.25, 0.3) is 22.9 Å². The fraction of sp³-hybridized carbons (Fsp3) is 0.312. The molecule has 0 saturated heterocycles. The summed E-state index contributed by atoms with van der Waals surface area (Å²) in [6.45, 7) is 27.8. The molecule has 13 nitrogen and oxygen atoms in total. The minimum absolute atomic E-state index is 0. The van der Waals surface area contributed by atoms with Crippen LogP contribution in [0.1, 0.15) is 105 Å². The van der Waals surface area contributed by atoms with E-state index in [2.05, 4.69) is 47.6 Å². The number of hydrogen-bond acceptors (Lipinski definition) is 5. The van der Waals surface area contributed by atoms with Crippen LogP contribution in [0, 0.1) is 27.7 Å². The third-order valence-corrected chi connectivity index (χ3v) is 6.63. The first-order chi connectivity index (χ1) is 35.2. The molecule has 8 aromatic rings. The Kier molecular flexibility index (Phi) is 108. The summed E-state index contributed by atoms with van der Waals surface area (Å²) in [5, 5.41) is 40.4. The van der Waals surface area contributed by atoms with E-state index < -0.39 is 22.4 Å². The molecule has 0 radical (unpaired) electrons. The number of nitrogens with one attached hydrogen (secondary N) is 8. The summed E-state index contributed by atoms with van der Waals surface area (Å²) in [5.41, 5.74) is 32.4. The van der Waals surface area contributed by atoms with Crippen molar-refractivity contribution in [3.63, 3.8) is 0 Å². The second kappa shape index (κ2) is 77.3. The Balaban J connectivity index is -0.0000000544. The van der Waals surface area contributed by atoms with Crippen LogP contribution in [0.4, 0.5) is 22.7 Å². The van der Waals surface area contributed by atoms with Gasteiger partial charge in [0.2, 0.25) is 0 Å². The molecule has 0 unspecified atom stereocenters. The van der Waals surface area contributed by atoms with E-state index in [0.717, 1.165) is 0 Å². The fourth-order valence-corrected chi connectivity index (χ4v) is 3.63. The molecular formula is C64H93Li4N8Na5O5+4.